The highest BCUT2D eigenvalue weighted by Gasteiger charge is 2.21. The van der Waals surface area contributed by atoms with E-state index in [1.807, 2.05) is 6.07 Å². The van der Waals surface area contributed by atoms with Gasteiger partial charge in [-0.15, -0.1) is 0 Å². The minimum atomic E-state index is -3.54. The molecule has 2 heterocycles. The molecule has 1 aliphatic heterocycles. The summed E-state index contributed by atoms with van der Waals surface area (Å²) in [4.78, 5) is 18.1. The fraction of sp³-hybridized carbons (Fsp3) is 0.455. The maximum absolute atomic E-state index is 11.5. The third-order valence-electron chi connectivity index (χ3n) is 5.58. The van der Waals surface area contributed by atoms with Gasteiger partial charge in [-0.2, -0.15) is 0 Å². The Bertz CT molecular complexity index is 1050. The van der Waals surface area contributed by atoms with Crippen molar-refractivity contribution in [2.45, 2.75) is 18.9 Å². The smallest absolute Gasteiger partial charge is 0.339 e. The van der Waals surface area contributed by atoms with Gasteiger partial charge >= 0.3 is 5.97 Å². The average Bonchev–Trinajstić information content (AvgIpc) is 2.79. The normalized spacial score (nSPS) is 15.8. The number of phenols is 1. The number of aliphatic hydroxyl groups is 1. The van der Waals surface area contributed by atoms with Crippen LogP contribution in [0.4, 0.5) is 11.5 Å². The van der Waals surface area contributed by atoms with Gasteiger partial charge in [0.25, 0.3) is 0 Å². The zero-order chi connectivity index (χ0) is 24.0. The molecular formula is C22H30N4O6S. The van der Waals surface area contributed by atoms with E-state index >= 15 is 0 Å². The number of pyridine rings is 1. The molecule has 0 saturated carbocycles. The number of anilines is 2. The lowest BCUT2D eigenvalue weighted by molar-refractivity contribution is 0.0600. The van der Waals surface area contributed by atoms with Crippen LogP contribution in [0, 0.1) is 5.92 Å². The monoisotopic (exact) mass is 478 g/mol. The molecule has 0 bridgehead atoms. The zero-order valence-electron chi connectivity index (χ0n) is 18.7. The van der Waals surface area contributed by atoms with E-state index in [-0.39, 0.29) is 11.4 Å². The number of hydrogen-bond donors (Lipinski definition) is 4. The van der Waals surface area contributed by atoms with E-state index in [1.165, 1.54) is 25.4 Å². The summed E-state index contributed by atoms with van der Waals surface area (Å²) in [5.74, 6) is 0.669. The Hall–Kier alpha value is -2.89. The Morgan fingerprint density at radius 2 is 2.00 bits per heavy atom. The highest BCUT2D eigenvalue weighted by atomic mass is 32.2. The fourth-order valence-corrected chi connectivity index (χ4v) is 4.33. The number of carbonyl (C=O) groups excluding carboxylic acids is 1. The number of nitrogens with one attached hydrogen (secondary N) is 2. The minimum absolute atomic E-state index is 0.0367. The Kier molecular flexibility index (Phi) is 8.11. The predicted molar refractivity (Wildman–Crippen MR) is 125 cm³/mol. The highest BCUT2D eigenvalue weighted by Crippen LogP contribution is 2.28. The van der Waals surface area contributed by atoms with Crippen molar-refractivity contribution in [3.8, 4) is 5.75 Å². The Labute approximate surface area is 193 Å². The first-order valence-electron chi connectivity index (χ1n) is 10.6. The molecule has 2 aromatic rings. The number of piperidine rings is 1. The molecule has 10 nitrogen and oxygen atoms in total. The summed E-state index contributed by atoms with van der Waals surface area (Å²) in [6.07, 6.45) is 3.60. The number of benzene rings is 1. The summed E-state index contributed by atoms with van der Waals surface area (Å²) in [7, 11) is -2.20. The van der Waals surface area contributed by atoms with Crippen LogP contribution in [0.2, 0.25) is 0 Å². The highest BCUT2D eigenvalue weighted by molar-refractivity contribution is 7.92. The first-order valence-corrected chi connectivity index (χ1v) is 12.5. The van der Waals surface area contributed by atoms with Crippen molar-refractivity contribution in [3.05, 3.63) is 47.7 Å². The number of rotatable bonds is 9. The van der Waals surface area contributed by atoms with Crippen LogP contribution < -0.4 is 14.9 Å². The number of aliphatic hydroxyl groups excluding tert-OH is 1. The van der Waals surface area contributed by atoms with Crippen LogP contribution in [-0.2, 0) is 14.8 Å². The Morgan fingerprint density at radius 3 is 2.61 bits per heavy atom. The quantitative estimate of drug-likeness (QED) is 0.311. The van der Waals surface area contributed by atoms with Gasteiger partial charge in [-0.25, -0.2) is 18.2 Å². The molecule has 180 valence electrons. The fourth-order valence-electron chi connectivity index (χ4n) is 3.76. The summed E-state index contributed by atoms with van der Waals surface area (Å²) in [5, 5.41) is 23.6. The van der Waals surface area contributed by atoms with Crippen LogP contribution in [0.25, 0.3) is 0 Å². The van der Waals surface area contributed by atoms with E-state index in [1.54, 1.807) is 12.1 Å². The molecular weight excluding hydrogens is 448 g/mol. The second kappa shape index (κ2) is 10.8. The number of ether oxygens (including phenoxy) is 1. The van der Waals surface area contributed by atoms with Crippen molar-refractivity contribution in [1.82, 2.24) is 10.3 Å². The van der Waals surface area contributed by atoms with Gasteiger partial charge in [-0.1, -0.05) is 6.07 Å². The number of aromatic hydroxyl groups is 1. The van der Waals surface area contributed by atoms with Gasteiger partial charge in [-0.3, -0.25) is 4.72 Å². The maximum atomic E-state index is 11.5. The van der Waals surface area contributed by atoms with Crippen molar-refractivity contribution in [2.75, 3.05) is 49.2 Å². The largest absolute Gasteiger partial charge is 0.506 e. The Morgan fingerprint density at radius 1 is 1.27 bits per heavy atom. The summed E-state index contributed by atoms with van der Waals surface area (Å²) in [6, 6.07) is 7.88. The summed E-state index contributed by atoms with van der Waals surface area (Å²) in [5.41, 5.74) is 0.962. The van der Waals surface area contributed by atoms with E-state index in [2.05, 4.69) is 19.9 Å². The first-order chi connectivity index (χ1) is 15.7. The number of aromatic nitrogens is 1. The molecule has 1 aromatic heterocycles. The number of nitrogens with zero attached hydrogens (tertiary/aromatic N) is 2. The number of hydrogen-bond acceptors (Lipinski definition) is 9. The van der Waals surface area contributed by atoms with Crippen LogP contribution in [0.1, 0.15) is 34.9 Å². The molecule has 0 aliphatic carbocycles. The van der Waals surface area contributed by atoms with Crippen molar-refractivity contribution >= 4 is 27.5 Å². The van der Waals surface area contributed by atoms with Crippen LogP contribution in [0.3, 0.4) is 0 Å². The molecule has 0 spiro atoms. The van der Waals surface area contributed by atoms with E-state index in [9.17, 15) is 23.4 Å². The van der Waals surface area contributed by atoms with Gasteiger partial charge in [0.1, 0.15) is 11.6 Å². The average molecular weight is 479 g/mol. The van der Waals surface area contributed by atoms with Crippen molar-refractivity contribution in [1.29, 1.82) is 0 Å². The zero-order valence-corrected chi connectivity index (χ0v) is 19.5. The third-order valence-corrected chi connectivity index (χ3v) is 6.17. The molecule has 1 saturated heterocycles. The van der Waals surface area contributed by atoms with Crippen molar-refractivity contribution in [3.63, 3.8) is 0 Å². The predicted octanol–water partition coefficient (Wildman–Crippen LogP) is 1.48. The molecule has 11 heteroatoms. The molecule has 1 fully saturated rings. The summed E-state index contributed by atoms with van der Waals surface area (Å²) in [6.45, 7) is 2.74. The Balaban J connectivity index is 1.45. The molecule has 33 heavy (non-hydrogen) atoms. The van der Waals surface area contributed by atoms with Crippen molar-refractivity contribution < 1.29 is 28.2 Å². The van der Waals surface area contributed by atoms with Crippen LogP contribution in [-0.4, -0.2) is 69.1 Å². The van der Waals surface area contributed by atoms with E-state index in [0.717, 1.165) is 44.5 Å². The standard InChI is InChI=1S/C22H30N4O6S/c1-32-22(29)17-4-6-21(24-13-17)26-9-7-15(8-10-26)12-23-14-20(28)16-3-5-19(27)18(11-16)25-33(2,30)31/h3-6,11,13,15,20,23,25,27-28H,7-10,12,14H2,1-2H3/t20-/m0/s1. The molecule has 1 aromatic carbocycles. The van der Waals surface area contributed by atoms with Crippen LogP contribution >= 0.6 is 0 Å². The number of methoxy groups -OCH3 is 1. The van der Waals surface area contributed by atoms with E-state index in [0.29, 0.717) is 23.6 Å². The van der Waals surface area contributed by atoms with E-state index in [4.69, 9.17) is 4.74 Å². The first kappa shape index (κ1) is 24.7. The summed E-state index contributed by atoms with van der Waals surface area (Å²) < 4.78 is 29.8. The van der Waals surface area contributed by atoms with Gasteiger partial charge in [-0.05, 0) is 55.1 Å². The molecule has 3 rings (SSSR count). The molecule has 0 amide bonds. The third kappa shape index (κ3) is 7.04. The maximum Gasteiger partial charge on any atom is 0.339 e. The summed E-state index contributed by atoms with van der Waals surface area (Å²) >= 11 is 0. The van der Waals surface area contributed by atoms with Gasteiger partial charge in [0.15, 0.2) is 0 Å². The SMILES string of the molecule is COC(=O)c1ccc(N2CCC(CNC[C@H](O)c3ccc(O)c(NS(C)(=O)=O)c3)CC2)nc1. The van der Waals surface area contributed by atoms with Gasteiger partial charge in [0.05, 0.1) is 30.7 Å². The number of sulfonamides is 1. The second-order valence-corrected chi connectivity index (χ2v) is 9.90. The topological polar surface area (TPSA) is 141 Å². The lowest BCUT2D eigenvalue weighted by Gasteiger charge is -2.33. The molecule has 0 unspecified atom stereocenters. The van der Waals surface area contributed by atoms with Gasteiger partial charge < -0.3 is 25.2 Å². The van der Waals surface area contributed by atoms with Crippen molar-refractivity contribution in [2.24, 2.45) is 5.92 Å². The van der Waals surface area contributed by atoms with Gasteiger partial charge in [0, 0.05) is 25.8 Å². The molecule has 4 N–H and O–H groups in total. The number of phenolic OH excluding ortho intramolecular Hbond substituents is 1. The second-order valence-electron chi connectivity index (χ2n) is 8.15. The van der Waals surface area contributed by atoms with Gasteiger partial charge in [0.2, 0.25) is 10.0 Å². The molecule has 1 atom stereocenters. The minimum Gasteiger partial charge on any atom is -0.506 e. The number of esters is 1. The van der Waals surface area contributed by atoms with E-state index < -0.39 is 22.1 Å². The number of carbonyl (C=O) groups is 1. The molecule has 0 radical (unpaired) electrons. The molecule has 1 aliphatic rings. The van der Waals surface area contributed by atoms with Crippen LogP contribution in [0.15, 0.2) is 36.5 Å². The lowest BCUT2D eigenvalue weighted by atomic mass is 9.96. The van der Waals surface area contributed by atoms with Crippen LogP contribution in [0.5, 0.6) is 5.75 Å². The lowest BCUT2D eigenvalue weighted by Crippen LogP contribution is -2.38.